The summed E-state index contributed by atoms with van der Waals surface area (Å²) in [4.78, 5) is 50.7. The standard InChI is InChI=1S/C22H22N6O4/c1-2-3-10-27-19(23)18(20(29)26-22(27)31)28(13-14-7-6-11-32-14)21(30)17-12-24-15-8-4-5-9-16(15)25-17/h4-9,11-12H,2-3,10,13,23H2,1H3,(H,26,29,31). The molecular formula is C22H22N6O4. The zero-order valence-electron chi connectivity index (χ0n) is 17.4. The molecule has 0 saturated carbocycles. The van der Waals surface area contributed by atoms with Crippen LogP contribution in [-0.4, -0.2) is 25.4 Å². The van der Waals surface area contributed by atoms with Gasteiger partial charge in [0, 0.05) is 6.54 Å². The number of furan rings is 1. The number of unbranched alkanes of at least 4 members (excludes halogenated alkanes) is 1. The van der Waals surface area contributed by atoms with Crippen molar-refractivity contribution in [2.45, 2.75) is 32.9 Å². The molecule has 1 amide bonds. The first-order chi connectivity index (χ1) is 15.5. The number of nitrogens with one attached hydrogen (secondary N) is 1. The van der Waals surface area contributed by atoms with Gasteiger partial charge in [0.05, 0.1) is 30.0 Å². The SMILES string of the molecule is CCCCn1c(N)c(N(Cc2ccco2)C(=O)c2cnc3ccccc3n2)c(=O)[nH]c1=O. The predicted molar refractivity (Wildman–Crippen MR) is 119 cm³/mol. The molecule has 4 rings (SSSR count). The Bertz CT molecular complexity index is 1370. The number of hydrogen-bond donors (Lipinski definition) is 2. The summed E-state index contributed by atoms with van der Waals surface area (Å²) in [6.07, 6.45) is 4.31. The maximum Gasteiger partial charge on any atom is 0.330 e. The minimum Gasteiger partial charge on any atom is -0.467 e. The largest absolute Gasteiger partial charge is 0.467 e. The van der Waals surface area contributed by atoms with Crippen LogP contribution < -0.4 is 21.9 Å². The lowest BCUT2D eigenvalue weighted by Gasteiger charge is -2.23. The number of nitrogen functional groups attached to an aromatic ring is 1. The van der Waals surface area contributed by atoms with Gasteiger partial charge in [-0.1, -0.05) is 25.5 Å². The topological polar surface area (TPSA) is 140 Å². The van der Waals surface area contributed by atoms with Crippen LogP contribution in [0.15, 0.2) is 62.9 Å². The van der Waals surface area contributed by atoms with Gasteiger partial charge >= 0.3 is 5.69 Å². The first-order valence-electron chi connectivity index (χ1n) is 10.2. The highest BCUT2D eigenvalue weighted by atomic mass is 16.3. The van der Waals surface area contributed by atoms with E-state index in [4.69, 9.17) is 10.2 Å². The lowest BCUT2D eigenvalue weighted by atomic mass is 10.2. The smallest absolute Gasteiger partial charge is 0.330 e. The van der Waals surface area contributed by atoms with Crippen molar-refractivity contribution in [2.24, 2.45) is 0 Å². The Kier molecular flexibility index (Phi) is 5.84. The normalized spacial score (nSPS) is 11.0. The van der Waals surface area contributed by atoms with Gasteiger partial charge in [-0.2, -0.15) is 0 Å². The quantitative estimate of drug-likeness (QED) is 0.455. The molecule has 0 radical (unpaired) electrons. The fraction of sp³-hybridized carbons (Fsp3) is 0.227. The van der Waals surface area contributed by atoms with Crippen LogP contribution in [0.4, 0.5) is 11.5 Å². The minimum atomic E-state index is -0.770. The molecule has 32 heavy (non-hydrogen) atoms. The molecule has 1 aromatic carbocycles. The van der Waals surface area contributed by atoms with Gasteiger partial charge in [0.1, 0.15) is 17.3 Å². The number of fused-ring (bicyclic) bond motifs is 1. The van der Waals surface area contributed by atoms with Gasteiger partial charge in [0.25, 0.3) is 11.5 Å². The third kappa shape index (κ3) is 4.02. The van der Waals surface area contributed by atoms with E-state index in [9.17, 15) is 14.4 Å². The van der Waals surface area contributed by atoms with Crippen molar-refractivity contribution in [3.8, 4) is 0 Å². The van der Waals surface area contributed by atoms with Gasteiger partial charge < -0.3 is 10.2 Å². The number of rotatable bonds is 7. The maximum absolute atomic E-state index is 13.5. The summed E-state index contributed by atoms with van der Waals surface area (Å²) < 4.78 is 6.65. The van der Waals surface area contributed by atoms with Crippen molar-refractivity contribution >= 4 is 28.4 Å². The third-order valence-corrected chi connectivity index (χ3v) is 5.03. The molecule has 10 heteroatoms. The minimum absolute atomic E-state index is 0.0281. The molecule has 0 unspecified atom stereocenters. The molecule has 0 aliphatic carbocycles. The van der Waals surface area contributed by atoms with Crippen molar-refractivity contribution in [3.05, 3.63) is 81.2 Å². The molecule has 0 atom stereocenters. The molecule has 0 fully saturated rings. The molecule has 0 saturated heterocycles. The average Bonchev–Trinajstić information content (AvgIpc) is 3.30. The Balaban J connectivity index is 1.85. The van der Waals surface area contributed by atoms with E-state index < -0.39 is 17.2 Å². The average molecular weight is 434 g/mol. The number of H-pyrrole nitrogens is 1. The van der Waals surface area contributed by atoms with Crippen LogP contribution in [0.3, 0.4) is 0 Å². The number of nitrogens with zero attached hydrogens (tertiary/aromatic N) is 4. The van der Waals surface area contributed by atoms with E-state index in [0.717, 1.165) is 11.3 Å². The Morgan fingerprint density at radius 3 is 2.69 bits per heavy atom. The van der Waals surface area contributed by atoms with E-state index in [1.165, 1.54) is 17.0 Å². The molecular weight excluding hydrogens is 412 g/mol. The molecule has 0 spiro atoms. The second-order valence-electron chi connectivity index (χ2n) is 7.21. The van der Waals surface area contributed by atoms with Crippen molar-refractivity contribution in [1.82, 2.24) is 19.5 Å². The number of carbonyl (C=O) groups excluding carboxylic acids is 1. The van der Waals surface area contributed by atoms with Gasteiger partial charge in [-0.15, -0.1) is 0 Å². The van der Waals surface area contributed by atoms with Crippen molar-refractivity contribution in [1.29, 1.82) is 0 Å². The number of benzene rings is 1. The van der Waals surface area contributed by atoms with Crippen LogP contribution in [0, 0.1) is 0 Å². The number of carbonyl (C=O) groups is 1. The molecule has 0 bridgehead atoms. The molecule has 3 N–H and O–H groups in total. The van der Waals surface area contributed by atoms with Crippen LogP contribution >= 0.6 is 0 Å². The highest BCUT2D eigenvalue weighted by molar-refractivity contribution is 6.06. The number of amides is 1. The van der Waals surface area contributed by atoms with E-state index in [0.29, 0.717) is 29.8 Å². The molecule has 3 aromatic heterocycles. The van der Waals surface area contributed by atoms with Crippen molar-refractivity contribution < 1.29 is 9.21 Å². The lowest BCUT2D eigenvalue weighted by Crippen LogP contribution is -2.41. The molecule has 10 nitrogen and oxygen atoms in total. The van der Waals surface area contributed by atoms with Gasteiger partial charge in [-0.3, -0.25) is 29.0 Å². The summed E-state index contributed by atoms with van der Waals surface area (Å²) in [5, 5.41) is 0. The molecule has 164 valence electrons. The third-order valence-electron chi connectivity index (χ3n) is 5.03. The zero-order valence-corrected chi connectivity index (χ0v) is 17.4. The predicted octanol–water partition coefficient (Wildman–Crippen LogP) is 2.30. The number of anilines is 2. The lowest BCUT2D eigenvalue weighted by molar-refractivity contribution is 0.0978. The first kappa shape index (κ1) is 21.0. The van der Waals surface area contributed by atoms with E-state index in [2.05, 4.69) is 15.0 Å². The summed E-state index contributed by atoms with van der Waals surface area (Å²) in [7, 11) is 0. The number of hydrogen-bond acceptors (Lipinski definition) is 7. The fourth-order valence-corrected chi connectivity index (χ4v) is 3.39. The summed E-state index contributed by atoms with van der Waals surface area (Å²) in [5.41, 5.74) is 5.90. The first-order valence-corrected chi connectivity index (χ1v) is 10.2. The zero-order chi connectivity index (χ0) is 22.7. The Morgan fingerprint density at radius 2 is 1.97 bits per heavy atom. The number of para-hydroxylation sites is 2. The number of nitrogens with two attached hydrogens (primary N) is 1. The van der Waals surface area contributed by atoms with E-state index in [1.807, 2.05) is 13.0 Å². The van der Waals surface area contributed by atoms with E-state index >= 15 is 0 Å². The molecule has 0 aliphatic rings. The Hall–Kier alpha value is -4.21. The molecule has 0 aliphatic heterocycles. The highest BCUT2D eigenvalue weighted by Gasteiger charge is 2.27. The monoisotopic (exact) mass is 434 g/mol. The van der Waals surface area contributed by atoms with Crippen molar-refractivity contribution in [2.75, 3.05) is 10.6 Å². The number of aromatic amines is 1. The second-order valence-corrected chi connectivity index (χ2v) is 7.21. The van der Waals surface area contributed by atoms with Crippen molar-refractivity contribution in [3.63, 3.8) is 0 Å². The highest BCUT2D eigenvalue weighted by Crippen LogP contribution is 2.22. The van der Waals surface area contributed by atoms with Crippen LogP contribution in [0.25, 0.3) is 11.0 Å². The van der Waals surface area contributed by atoms with Gasteiger partial charge in [-0.25, -0.2) is 9.78 Å². The van der Waals surface area contributed by atoms with Gasteiger partial charge in [-0.05, 0) is 30.7 Å². The fourth-order valence-electron chi connectivity index (χ4n) is 3.39. The van der Waals surface area contributed by atoms with Gasteiger partial charge in [0.15, 0.2) is 5.69 Å². The van der Waals surface area contributed by atoms with E-state index in [1.54, 1.807) is 30.3 Å². The van der Waals surface area contributed by atoms with E-state index in [-0.39, 0.29) is 23.7 Å². The van der Waals surface area contributed by atoms with Gasteiger partial charge in [0.2, 0.25) is 0 Å². The summed E-state index contributed by atoms with van der Waals surface area (Å²) in [6, 6.07) is 10.5. The Morgan fingerprint density at radius 1 is 1.19 bits per heavy atom. The van der Waals surface area contributed by atoms with Crippen LogP contribution in [0.5, 0.6) is 0 Å². The van der Waals surface area contributed by atoms with Crippen LogP contribution in [-0.2, 0) is 13.1 Å². The van der Waals surface area contributed by atoms with Crippen LogP contribution in [0.1, 0.15) is 36.0 Å². The maximum atomic E-state index is 13.5. The summed E-state index contributed by atoms with van der Waals surface area (Å²) >= 11 is 0. The summed E-state index contributed by atoms with van der Waals surface area (Å²) in [6.45, 7) is 2.20. The number of aromatic nitrogens is 4. The summed E-state index contributed by atoms with van der Waals surface area (Å²) in [5.74, 6) is -0.268. The Labute approximate surface area is 182 Å². The van der Waals surface area contributed by atoms with Crippen LogP contribution in [0.2, 0.25) is 0 Å². The molecule has 3 heterocycles. The molecule has 4 aromatic rings. The second kappa shape index (κ2) is 8.88.